The predicted molar refractivity (Wildman–Crippen MR) is 50.7 cm³/mol. The monoisotopic (exact) mass is 256 g/mol. The van der Waals surface area contributed by atoms with E-state index in [-0.39, 0.29) is 6.61 Å². The highest BCUT2D eigenvalue weighted by Crippen LogP contribution is 1.88. The Hall–Kier alpha value is -1.39. The molecule has 16 heavy (non-hydrogen) atoms. The predicted octanol–water partition coefficient (Wildman–Crippen LogP) is -1.99. The molecule has 1 atom stereocenters. The maximum atomic E-state index is 11.1. The van der Waals surface area contributed by atoms with Crippen molar-refractivity contribution in [3.63, 3.8) is 0 Å². The summed E-state index contributed by atoms with van der Waals surface area (Å²) in [6.45, 7) is 0.482. The number of aliphatic hydroxyl groups excluding tert-OH is 1. The first-order valence-electron chi connectivity index (χ1n) is 4.13. The number of hydrogen-bond donors (Lipinski definition) is 4. The molecule has 0 aromatic heterocycles. The molecule has 0 saturated heterocycles. The Morgan fingerprint density at radius 3 is 2.38 bits per heavy atom. The zero-order valence-electron chi connectivity index (χ0n) is 8.34. The average molecular weight is 256 g/mol. The van der Waals surface area contributed by atoms with Crippen LogP contribution in [0.2, 0.25) is 0 Å². The number of carbonyl (C=O) groups excluding carboxylic acids is 1. The van der Waals surface area contributed by atoms with E-state index in [1.165, 1.54) is 11.6 Å². The Morgan fingerprint density at radius 2 is 2.00 bits per heavy atom. The van der Waals surface area contributed by atoms with Crippen molar-refractivity contribution < 1.29 is 33.0 Å². The van der Waals surface area contributed by atoms with Gasteiger partial charge in [-0.15, -0.1) is 0 Å². The molecule has 0 unspecified atom stereocenters. The summed E-state index contributed by atoms with van der Waals surface area (Å²) in [5, 5.41) is 17.0. The summed E-state index contributed by atoms with van der Waals surface area (Å²) >= 11 is 0. The summed E-state index contributed by atoms with van der Waals surface area (Å²) in [5.74, 6) is -1.57. The van der Waals surface area contributed by atoms with Gasteiger partial charge in [0.15, 0.2) is 0 Å². The topological polar surface area (TPSA) is 142 Å². The fourth-order valence-electron chi connectivity index (χ4n) is 0.653. The summed E-state index contributed by atoms with van der Waals surface area (Å²) in [4.78, 5) is 21.1. The van der Waals surface area contributed by atoms with Gasteiger partial charge in [-0.25, -0.2) is 9.52 Å². The van der Waals surface area contributed by atoms with Gasteiger partial charge in [0, 0.05) is 0 Å². The van der Waals surface area contributed by atoms with E-state index in [1.807, 2.05) is 0 Å². The van der Waals surface area contributed by atoms with Crippen LogP contribution in [0.5, 0.6) is 0 Å². The number of rotatable bonds is 6. The Morgan fingerprint density at radius 1 is 1.44 bits per heavy atom. The minimum absolute atomic E-state index is 0.0380. The minimum Gasteiger partial charge on any atom is -0.480 e. The lowest BCUT2D eigenvalue weighted by Crippen LogP contribution is -2.49. The molecule has 0 heterocycles. The minimum atomic E-state index is -4.37. The van der Waals surface area contributed by atoms with Crippen LogP contribution in [-0.4, -0.2) is 49.9 Å². The Labute approximate surface area is 91.6 Å². The van der Waals surface area contributed by atoms with Gasteiger partial charge in [0.25, 0.3) is 0 Å². The van der Waals surface area contributed by atoms with Gasteiger partial charge in [0.05, 0.1) is 13.2 Å². The molecule has 0 aromatic rings. The first kappa shape index (κ1) is 14.6. The van der Waals surface area contributed by atoms with E-state index in [0.29, 0.717) is 0 Å². The second-order valence-electron chi connectivity index (χ2n) is 2.52. The van der Waals surface area contributed by atoms with Crippen LogP contribution in [0.25, 0.3) is 0 Å². The molecule has 0 radical (unpaired) electrons. The van der Waals surface area contributed by atoms with Crippen LogP contribution in [0.1, 0.15) is 6.92 Å². The van der Waals surface area contributed by atoms with E-state index >= 15 is 0 Å². The number of amides is 1. The van der Waals surface area contributed by atoms with Crippen LogP contribution in [0.15, 0.2) is 0 Å². The van der Waals surface area contributed by atoms with Gasteiger partial charge in [-0.05, 0) is 6.92 Å². The van der Waals surface area contributed by atoms with Gasteiger partial charge >= 0.3 is 22.3 Å². The zero-order chi connectivity index (χ0) is 12.8. The van der Waals surface area contributed by atoms with Gasteiger partial charge < -0.3 is 14.9 Å². The SMILES string of the molecule is CCOC(=O)NS(=O)(=O)N[C@@H](CO)C(=O)O. The maximum absolute atomic E-state index is 11.1. The normalized spacial score (nSPS) is 12.9. The number of aliphatic hydroxyl groups is 1. The van der Waals surface area contributed by atoms with Crippen LogP contribution in [0.4, 0.5) is 4.79 Å². The second-order valence-corrected chi connectivity index (χ2v) is 3.96. The quantitative estimate of drug-likeness (QED) is 0.431. The summed E-state index contributed by atoms with van der Waals surface area (Å²) in [5.41, 5.74) is 0. The average Bonchev–Trinajstić information content (AvgIpc) is 2.13. The highest BCUT2D eigenvalue weighted by molar-refractivity contribution is 7.88. The summed E-state index contributed by atoms with van der Waals surface area (Å²) in [6, 6.07) is -1.73. The molecule has 4 N–H and O–H groups in total. The third-order valence-electron chi connectivity index (χ3n) is 1.27. The number of nitrogens with one attached hydrogen (secondary N) is 2. The van der Waals surface area contributed by atoms with Crippen LogP contribution in [0, 0.1) is 0 Å². The van der Waals surface area contributed by atoms with Gasteiger partial charge in [-0.2, -0.15) is 13.1 Å². The van der Waals surface area contributed by atoms with Crippen molar-refractivity contribution in [1.82, 2.24) is 9.44 Å². The van der Waals surface area contributed by atoms with Crippen molar-refractivity contribution in [3.05, 3.63) is 0 Å². The molecule has 94 valence electrons. The lowest BCUT2D eigenvalue weighted by atomic mass is 10.3. The lowest BCUT2D eigenvalue weighted by molar-refractivity contribution is -0.139. The number of carboxylic acid groups (broad SMARTS) is 1. The standard InChI is InChI=1S/C6H12N2O7S/c1-2-15-6(12)8-16(13,14)7-4(3-9)5(10)11/h4,7,9H,2-3H2,1H3,(H,8,12)(H,10,11)/t4-/m0/s1. The Kier molecular flexibility index (Phi) is 5.71. The van der Waals surface area contributed by atoms with Crippen molar-refractivity contribution in [2.45, 2.75) is 13.0 Å². The molecule has 9 nitrogen and oxygen atoms in total. The van der Waals surface area contributed by atoms with Crippen LogP contribution >= 0.6 is 0 Å². The number of carboxylic acids is 1. The van der Waals surface area contributed by atoms with E-state index in [9.17, 15) is 18.0 Å². The van der Waals surface area contributed by atoms with E-state index in [0.717, 1.165) is 0 Å². The molecule has 0 saturated carbocycles. The van der Waals surface area contributed by atoms with Crippen molar-refractivity contribution >= 4 is 22.3 Å². The zero-order valence-corrected chi connectivity index (χ0v) is 9.15. The number of ether oxygens (including phenoxy) is 1. The molecule has 0 rings (SSSR count). The van der Waals surface area contributed by atoms with Crippen molar-refractivity contribution in [3.8, 4) is 0 Å². The van der Waals surface area contributed by atoms with Gasteiger partial charge in [0.1, 0.15) is 6.04 Å². The first-order chi connectivity index (χ1) is 7.32. The molecule has 10 heteroatoms. The largest absolute Gasteiger partial charge is 0.480 e. The van der Waals surface area contributed by atoms with Crippen LogP contribution in [-0.2, 0) is 19.7 Å². The highest BCUT2D eigenvalue weighted by atomic mass is 32.2. The van der Waals surface area contributed by atoms with E-state index < -0.39 is 34.9 Å². The van der Waals surface area contributed by atoms with Gasteiger partial charge in [-0.1, -0.05) is 0 Å². The molecule has 0 aliphatic carbocycles. The van der Waals surface area contributed by atoms with Crippen molar-refractivity contribution in [1.29, 1.82) is 0 Å². The van der Waals surface area contributed by atoms with Gasteiger partial charge in [0.2, 0.25) is 0 Å². The molecule has 0 aliphatic rings. The van der Waals surface area contributed by atoms with E-state index in [2.05, 4.69) is 4.74 Å². The molecule has 0 aromatic carbocycles. The lowest BCUT2D eigenvalue weighted by Gasteiger charge is -2.12. The summed E-state index contributed by atoms with van der Waals surface area (Å²) in [6.07, 6.45) is -1.24. The summed E-state index contributed by atoms with van der Waals surface area (Å²) in [7, 11) is -4.37. The smallest absolute Gasteiger partial charge is 0.421 e. The second kappa shape index (κ2) is 6.25. The number of hydrogen-bond acceptors (Lipinski definition) is 6. The summed E-state index contributed by atoms with van der Waals surface area (Å²) < 4.78 is 29.4. The highest BCUT2D eigenvalue weighted by Gasteiger charge is 2.24. The molecular formula is C6H12N2O7S. The Balaban J connectivity index is 4.45. The molecule has 0 aliphatic heterocycles. The number of aliphatic carboxylic acids is 1. The third-order valence-corrected chi connectivity index (χ3v) is 2.30. The molecule has 1 amide bonds. The van der Waals surface area contributed by atoms with Crippen molar-refractivity contribution in [2.24, 2.45) is 0 Å². The van der Waals surface area contributed by atoms with E-state index in [4.69, 9.17) is 10.2 Å². The molecule has 0 fully saturated rings. The molecule has 0 spiro atoms. The first-order valence-corrected chi connectivity index (χ1v) is 5.61. The Bertz CT molecular complexity index is 352. The molecular weight excluding hydrogens is 244 g/mol. The van der Waals surface area contributed by atoms with Crippen LogP contribution < -0.4 is 9.44 Å². The van der Waals surface area contributed by atoms with E-state index in [1.54, 1.807) is 4.72 Å². The fraction of sp³-hybridized carbons (Fsp3) is 0.667. The van der Waals surface area contributed by atoms with Crippen LogP contribution in [0.3, 0.4) is 0 Å². The number of carbonyl (C=O) groups is 2. The van der Waals surface area contributed by atoms with Crippen molar-refractivity contribution in [2.75, 3.05) is 13.2 Å². The molecule has 0 bridgehead atoms. The van der Waals surface area contributed by atoms with Gasteiger partial charge in [-0.3, -0.25) is 4.79 Å². The maximum Gasteiger partial charge on any atom is 0.421 e. The fourth-order valence-corrected chi connectivity index (χ4v) is 1.54. The third kappa shape index (κ3) is 5.48.